The van der Waals surface area contributed by atoms with Crippen LogP contribution < -0.4 is 26.8 Å². The number of aromatic nitrogens is 1. The molecule has 34 heavy (non-hydrogen) atoms. The molecule has 0 spiro atoms. The zero-order valence-corrected chi connectivity index (χ0v) is 23.2. The molecule has 0 aliphatic carbocycles. The Hall–Kier alpha value is -1.62. The largest absolute Gasteiger partial charge is 1.00 e. The number of methoxy groups -OCH3 is 4. The van der Waals surface area contributed by atoms with E-state index in [9.17, 15) is 0 Å². The van der Waals surface area contributed by atoms with Crippen LogP contribution in [0.3, 0.4) is 0 Å². The van der Waals surface area contributed by atoms with Gasteiger partial charge in [0, 0.05) is 78.1 Å². The first-order valence-corrected chi connectivity index (χ1v) is 12.1. The minimum absolute atomic E-state index is 0. The topological polar surface area (TPSA) is 56.3 Å². The van der Waals surface area contributed by atoms with Crippen LogP contribution in [0.2, 0.25) is 0 Å². The summed E-state index contributed by atoms with van der Waals surface area (Å²) in [6, 6.07) is 10.9. The summed E-state index contributed by atoms with van der Waals surface area (Å²) in [5.41, 5.74) is 5.57. The highest BCUT2D eigenvalue weighted by atomic mass is 79.9. The molecule has 0 atom stereocenters. The van der Waals surface area contributed by atoms with Crippen molar-refractivity contribution in [2.24, 2.45) is 0 Å². The second-order valence-electron chi connectivity index (χ2n) is 7.92. The summed E-state index contributed by atoms with van der Waals surface area (Å²) < 4.78 is 23.6. The molecule has 2 aromatic carbocycles. The molecule has 0 bridgehead atoms. The number of nitrogens with zero attached hydrogens (tertiary/aromatic N) is 3. The highest BCUT2D eigenvalue weighted by molar-refractivity contribution is 7.24. The lowest BCUT2D eigenvalue weighted by molar-refractivity contribution is -0.00000822. The van der Waals surface area contributed by atoms with Crippen LogP contribution in [-0.2, 0) is 18.9 Å². The molecule has 0 aliphatic rings. The highest BCUT2D eigenvalue weighted by Gasteiger charge is 2.19. The first kappa shape index (κ1) is 28.6. The number of hydrogen-bond acceptors (Lipinski definition) is 7. The van der Waals surface area contributed by atoms with E-state index in [0.717, 1.165) is 47.6 Å². The van der Waals surface area contributed by atoms with Crippen LogP contribution in [0, 0.1) is 6.92 Å². The molecule has 0 saturated carbocycles. The lowest BCUT2D eigenvalue weighted by Gasteiger charge is -2.24. The van der Waals surface area contributed by atoms with Crippen molar-refractivity contribution in [3.63, 3.8) is 0 Å². The molecular weight excluding hydrogens is 518 g/mol. The minimum atomic E-state index is 0. The number of halogens is 1. The Labute approximate surface area is 217 Å². The number of rotatable bonds is 14. The lowest BCUT2D eigenvalue weighted by atomic mass is 10.1. The SMILES string of the molecule is COCCN(CCOC)c1ccc2nc3c(C)cc(N(CCOC)CCOC)cc3[s+]c2c1.[Br-]. The van der Waals surface area contributed by atoms with E-state index in [2.05, 4.69) is 47.1 Å². The smallest absolute Gasteiger partial charge is 0.259 e. The summed E-state index contributed by atoms with van der Waals surface area (Å²) in [6.45, 7) is 8.06. The van der Waals surface area contributed by atoms with E-state index in [1.54, 1.807) is 39.8 Å². The molecule has 3 aromatic rings. The Morgan fingerprint density at radius 1 is 0.706 bits per heavy atom. The Morgan fingerprint density at radius 2 is 1.21 bits per heavy atom. The molecule has 0 aliphatic heterocycles. The van der Waals surface area contributed by atoms with Crippen LogP contribution in [0.25, 0.3) is 20.4 Å². The van der Waals surface area contributed by atoms with E-state index in [0.29, 0.717) is 26.4 Å². The molecule has 0 fully saturated rings. The van der Waals surface area contributed by atoms with Gasteiger partial charge in [-0.1, -0.05) is 0 Å². The normalized spacial score (nSPS) is 11.1. The fourth-order valence-electron chi connectivity index (χ4n) is 3.79. The number of ether oxygens (including phenoxy) is 4. The number of benzene rings is 2. The van der Waals surface area contributed by atoms with Crippen LogP contribution in [0.1, 0.15) is 5.56 Å². The lowest BCUT2D eigenvalue weighted by Crippen LogP contribution is -3.00. The van der Waals surface area contributed by atoms with Gasteiger partial charge in [-0.3, -0.25) is 0 Å². The fraction of sp³-hybridized carbons (Fsp3) is 0.520. The van der Waals surface area contributed by atoms with Crippen LogP contribution in [0.4, 0.5) is 11.4 Å². The minimum Gasteiger partial charge on any atom is -1.00 e. The number of aryl methyl sites for hydroxylation is 1. The van der Waals surface area contributed by atoms with E-state index in [-0.39, 0.29) is 17.0 Å². The number of hydrogen-bond donors (Lipinski definition) is 0. The van der Waals surface area contributed by atoms with Crippen LogP contribution >= 0.6 is 11.3 Å². The second kappa shape index (κ2) is 14.7. The fourth-order valence-corrected chi connectivity index (χ4v) is 4.91. The quantitative estimate of drug-likeness (QED) is 0.220. The third kappa shape index (κ3) is 7.44. The van der Waals surface area contributed by atoms with Gasteiger partial charge in [0.1, 0.15) is 11.0 Å². The van der Waals surface area contributed by atoms with E-state index in [1.165, 1.54) is 16.0 Å². The van der Waals surface area contributed by atoms with Gasteiger partial charge in [0.05, 0.1) is 26.4 Å². The van der Waals surface area contributed by atoms with Gasteiger partial charge in [-0.2, -0.15) is 0 Å². The van der Waals surface area contributed by atoms with Crippen molar-refractivity contribution >= 4 is 43.1 Å². The third-order valence-corrected chi connectivity index (χ3v) is 6.72. The van der Waals surface area contributed by atoms with E-state index >= 15 is 0 Å². The highest BCUT2D eigenvalue weighted by Crippen LogP contribution is 2.33. The molecule has 1 heterocycles. The Morgan fingerprint density at radius 3 is 1.74 bits per heavy atom. The van der Waals surface area contributed by atoms with Crippen LogP contribution in [-0.4, -0.2) is 86.0 Å². The second-order valence-corrected chi connectivity index (χ2v) is 9.00. The molecule has 1 aromatic heterocycles. The predicted molar refractivity (Wildman–Crippen MR) is 138 cm³/mol. The van der Waals surface area contributed by atoms with Gasteiger partial charge >= 0.3 is 0 Å². The van der Waals surface area contributed by atoms with Crippen molar-refractivity contribution in [3.05, 3.63) is 35.9 Å². The van der Waals surface area contributed by atoms with Gasteiger partial charge in [-0.05, 0) is 30.7 Å². The van der Waals surface area contributed by atoms with Gasteiger partial charge in [0.2, 0.25) is 11.3 Å². The molecule has 0 saturated heterocycles. The van der Waals surface area contributed by atoms with Crippen molar-refractivity contribution in [3.8, 4) is 0 Å². The maximum Gasteiger partial charge on any atom is 0.259 e. The van der Waals surface area contributed by atoms with E-state index < -0.39 is 0 Å². The van der Waals surface area contributed by atoms with Gasteiger partial charge < -0.3 is 45.7 Å². The van der Waals surface area contributed by atoms with Gasteiger partial charge in [-0.15, -0.1) is 0 Å². The maximum absolute atomic E-state index is 5.33. The average molecular weight is 555 g/mol. The maximum atomic E-state index is 5.33. The van der Waals surface area contributed by atoms with Crippen molar-refractivity contribution in [1.82, 2.24) is 4.98 Å². The molecule has 0 radical (unpaired) electrons. The first-order chi connectivity index (χ1) is 16.1. The van der Waals surface area contributed by atoms with Crippen LogP contribution in [0.5, 0.6) is 0 Å². The molecule has 0 N–H and O–H groups in total. The summed E-state index contributed by atoms with van der Waals surface area (Å²) >= 11 is 1.78. The van der Waals surface area contributed by atoms with E-state index in [1.807, 2.05) is 0 Å². The van der Waals surface area contributed by atoms with Gasteiger partial charge in [-0.25, -0.2) is 4.98 Å². The van der Waals surface area contributed by atoms with Crippen molar-refractivity contribution in [2.45, 2.75) is 6.92 Å². The van der Waals surface area contributed by atoms with Crippen molar-refractivity contribution < 1.29 is 35.9 Å². The molecular formula is C25H36BrN3O4S. The van der Waals surface area contributed by atoms with Crippen molar-refractivity contribution in [1.29, 1.82) is 0 Å². The monoisotopic (exact) mass is 553 g/mol. The Kier molecular flexibility index (Phi) is 12.4. The first-order valence-electron chi connectivity index (χ1n) is 11.2. The Balaban J connectivity index is 0.00000408. The number of anilines is 2. The molecule has 188 valence electrons. The summed E-state index contributed by atoms with van der Waals surface area (Å²) in [6.07, 6.45) is 0. The summed E-state index contributed by atoms with van der Waals surface area (Å²) in [5.74, 6) is 0. The third-order valence-electron chi connectivity index (χ3n) is 5.64. The molecule has 0 unspecified atom stereocenters. The van der Waals surface area contributed by atoms with Gasteiger partial charge in [0.15, 0.2) is 0 Å². The zero-order chi connectivity index (χ0) is 23.6. The van der Waals surface area contributed by atoms with Crippen molar-refractivity contribution in [2.75, 3.05) is 90.8 Å². The molecule has 7 nitrogen and oxygen atoms in total. The molecule has 9 heteroatoms. The van der Waals surface area contributed by atoms with E-state index in [4.69, 9.17) is 23.9 Å². The summed E-state index contributed by atoms with van der Waals surface area (Å²) in [7, 11) is 6.93. The van der Waals surface area contributed by atoms with Crippen LogP contribution in [0.15, 0.2) is 30.3 Å². The average Bonchev–Trinajstić information content (AvgIpc) is 2.83. The standard InChI is InChI=1S/C25H36N3O4S.BrH/c1-19-16-21(28(10-14-31-4)11-15-32-5)18-24-25(19)26-22-7-6-20(17-23(22)33-24)27(8-12-29-2)9-13-30-3;/h6-7,16-18H,8-15H2,1-5H3;1H/q+1;/p-1. The molecule has 0 amide bonds. The molecule has 3 rings (SSSR count). The zero-order valence-electron chi connectivity index (χ0n) is 20.8. The predicted octanol–water partition coefficient (Wildman–Crippen LogP) is 1.24. The number of fused-ring (bicyclic) bond motifs is 2. The van der Waals surface area contributed by atoms with Gasteiger partial charge in [0.25, 0.3) is 9.40 Å². The summed E-state index contributed by atoms with van der Waals surface area (Å²) in [5, 5.41) is 0. The Bertz CT molecular complexity index is 1020. The summed E-state index contributed by atoms with van der Waals surface area (Å²) in [4.78, 5) is 9.60.